The number of amides is 1. The Hall–Kier alpha value is -2.27. The predicted molar refractivity (Wildman–Crippen MR) is 160 cm³/mol. The molecule has 222 valence electrons. The molecule has 1 aromatic heterocycles. The first-order chi connectivity index (χ1) is 20.3. The van der Waals surface area contributed by atoms with E-state index >= 15 is 0 Å². The lowest BCUT2D eigenvalue weighted by Crippen LogP contribution is -2.44. The number of rotatable bonds is 11. The summed E-state index contributed by atoms with van der Waals surface area (Å²) in [4.78, 5) is 21.7. The zero-order chi connectivity index (χ0) is 29.4. The molecule has 2 atom stereocenters. The Kier molecular flexibility index (Phi) is 9.05. The van der Waals surface area contributed by atoms with E-state index in [-0.39, 0.29) is 43.6 Å². The highest BCUT2D eigenvalue weighted by molar-refractivity contribution is 7.12. The van der Waals surface area contributed by atoms with E-state index < -0.39 is 16.7 Å². The second-order valence-corrected chi connectivity index (χ2v) is 12.9. The molecule has 2 fully saturated rings. The summed E-state index contributed by atoms with van der Waals surface area (Å²) in [5, 5.41) is 4.94. The fourth-order valence-electron chi connectivity index (χ4n) is 5.57. The Labute approximate surface area is 261 Å². The van der Waals surface area contributed by atoms with Crippen molar-refractivity contribution in [2.24, 2.45) is 0 Å². The van der Waals surface area contributed by atoms with Crippen LogP contribution in [-0.2, 0) is 22.7 Å². The van der Waals surface area contributed by atoms with Gasteiger partial charge in [-0.1, -0.05) is 46.9 Å². The van der Waals surface area contributed by atoms with Gasteiger partial charge in [0.15, 0.2) is 11.6 Å². The highest BCUT2D eigenvalue weighted by Gasteiger charge is 2.42. The van der Waals surface area contributed by atoms with Gasteiger partial charge in [-0.3, -0.25) is 4.79 Å². The molecule has 1 aliphatic carbocycles. The van der Waals surface area contributed by atoms with Crippen molar-refractivity contribution in [1.82, 2.24) is 15.2 Å². The first-order valence-electron chi connectivity index (χ1n) is 13.8. The number of ether oxygens (including phenoxy) is 2. The van der Waals surface area contributed by atoms with E-state index in [0.717, 1.165) is 70.8 Å². The highest BCUT2D eigenvalue weighted by atomic mass is 35.5. The molecule has 0 radical (unpaired) electrons. The Morgan fingerprint density at radius 1 is 1.05 bits per heavy atom. The van der Waals surface area contributed by atoms with Gasteiger partial charge in [0.25, 0.3) is 5.91 Å². The van der Waals surface area contributed by atoms with Crippen LogP contribution in [0.15, 0.2) is 42.1 Å². The first-order valence-corrected chi connectivity index (χ1v) is 15.8. The second kappa shape index (κ2) is 12.8. The smallest absolute Gasteiger partial charge is 0.252 e. The molecule has 1 saturated carbocycles. The summed E-state index contributed by atoms with van der Waals surface area (Å²) < 4.78 is 38.5. The lowest BCUT2D eigenvalue weighted by Gasteiger charge is -2.31. The van der Waals surface area contributed by atoms with Crippen molar-refractivity contribution < 1.29 is 23.0 Å². The van der Waals surface area contributed by atoms with Crippen LogP contribution >= 0.6 is 46.1 Å². The van der Waals surface area contributed by atoms with Crippen LogP contribution in [0.5, 0.6) is 5.75 Å². The van der Waals surface area contributed by atoms with Crippen molar-refractivity contribution in [3.8, 4) is 5.75 Å². The highest BCUT2D eigenvalue weighted by Crippen LogP contribution is 2.42. The maximum absolute atomic E-state index is 14.2. The summed E-state index contributed by atoms with van der Waals surface area (Å²) in [6.07, 6.45) is 6.43. The summed E-state index contributed by atoms with van der Waals surface area (Å²) >= 11 is 20.1. The van der Waals surface area contributed by atoms with Gasteiger partial charge < -0.3 is 19.7 Å². The quantitative estimate of drug-likeness (QED) is 0.172. The van der Waals surface area contributed by atoms with E-state index in [1.807, 2.05) is 23.2 Å². The third kappa shape index (κ3) is 6.32. The number of fused-ring (bicyclic) bond motifs is 2. The van der Waals surface area contributed by atoms with Crippen molar-refractivity contribution in [2.75, 3.05) is 13.2 Å². The van der Waals surface area contributed by atoms with Crippen molar-refractivity contribution in [1.29, 1.82) is 0 Å². The van der Waals surface area contributed by atoms with E-state index in [4.69, 9.17) is 44.3 Å². The SMILES string of the molecule is O=C(C1=C(c2cnc(COCCOc3c(F)ccc(F)c3Cl)s2)C[C@@H]2CC[C@H]1N2)N(Cc1cccc(Cl)c1Cl)C1CC1. The third-order valence-electron chi connectivity index (χ3n) is 7.77. The summed E-state index contributed by atoms with van der Waals surface area (Å²) in [5.74, 6) is -1.79. The number of aromatic nitrogens is 1. The maximum atomic E-state index is 14.2. The molecule has 2 aliphatic heterocycles. The average molecular weight is 655 g/mol. The van der Waals surface area contributed by atoms with Gasteiger partial charge in [0.05, 0.1) is 28.1 Å². The van der Waals surface area contributed by atoms with Gasteiger partial charge in [0, 0.05) is 36.4 Å². The van der Waals surface area contributed by atoms with Gasteiger partial charge in [-0.25, -0.2) is 13.8 Å². The molecule has 3 aliphatic rings. The lowest BCUT2D eigenvalue weighted by atomic mass is 9.93. The normalized spacial score (nSPS) is 19.8. The maximum Gasteiger partial charge on any atom is 0.252 e. The number of thiazole rings is 1. The van der Waals surface area contributed by atoms with E-state index in [0.29, 0.717) is 22.6 Å². The van der Waals surface area contributed by atoms with Crippen molar-refractivity contribution in [3.05, 3.63) is 84.3 Å². The number of nitrogens with one attached hydrogen (secondary N) is 1. The molecule has 0 unspecified atom stereocenters. The fraction of sp³-hybridized carbons (Fsp3) is 0.400. The van der Waals surface area contributed by atoms with E-state index in [2.05, 4.69) is 10.3 Å². The van der Waals surface area contributed by atoms with Gasteiger partial charge in [0.1, 0.15) is 22.5 Å². The molecular formula is C30H28Cl3F2N3O3S. The number of halogens is 5. The van der Waals surface area contributed by atoms with Crippen molar-refractivity contribution in [2.45, 2.75) is 63.4 Å². The van der Waals surface area contributed by atoms with Crippen LogP contribution in [-0.4, -0.2) is 47.1 Å². The van der Waals surface area contributed by atoms with E-state index in [1.54, 1.807) is 6.07 Å². The van der Waals surface area contributed by atoms with Crippen LogP contribution < -0.4 is 10.1 Å². The van der Waals surface area contributed by atoms with Crippen molar-refractivity contribution >= 4 is 57.6 Å². The molecule has 2 bridgehead atoms. The molecule has 3 heterocycles. The number of carbonyl (C=O) groups excluding carboxylic acids is 1. The second-order valence-electron chi connectivity index (χ2n) is 10.7. The molecular weight excluding hydrogens is 627 g/mol. The third-order valence-corrected chi connectivity index (χ3v) is 10.0. The van der Waals surface area contributed by atoms with Crippen LogP contribution in [0.1, 0.15) is 47.6 Å². The molecule has 12 heteroatoms. The molecule has 1 amide bonds. The standard InChI is InChI=1S/C30H28Cl3F2N3O3S/c31-20-3-1-2-16(27(20)32)14-38(18-5-6-18)30(39)26-19(12-17-4-9-23(26)37-17)24-13-36-25(42-24)15-40-10-11-41-29-22(35)8-7-21(34)28(29)33/h1-3,7-8,13,17-18,23,37H,4-6,9-12,14-15H2/t17-,23+/m0/s1. The zero-order valence-corrected chi connectivity index (χ0v) is 25.6. The Morgan fingerprint density at radius 2 is 1.86 bits per heavy atom. The van der Waals surface area contributed by atoms with Gasteiger partial charge >= 0.3 is 0 Å². The molecule has 2 aromatic carbocycles. The van der Waals surface area contributed by atoms with Gasteiger partial charge in [-0.2, -0.15) is 0 Å². The van der Waals surface area contributed by atoms with E-state index in [9.17, 15) is 13.6 Å². The number of nitrogens with zero attached hydrogens (tertiary/aromatic N) is 2. The minimum Gasteiger partial charge on any atom is -0.486 e. The lowest BCUT2D eigenvalue weighted by molar-refractivity contribution is -0.128. The summed E-state index contributed by atoms with van der Waals surface area (Å²) in [5.41, 5.74) is 2.69. The Balaban J connectivity index is 1.15. The first kappa shape index (κ1) is 29.8. The molecule has 1 N–H and O–H groups in total. The van der Waals surface area contributed by atoms with Gasteiger partial charge in [-0.15, -0.1) is 11.3 Å². The fourth-order valence-corrected chi connectivity index (χ4v) is 7.08. The zero-order valence-electron chi connectivity index (χ0n) is 22.5. The summed E-state index contributed by atoms with van der Waals surface area (Å²) in [7, 11) is 0. The largest absolute Gasteiger partial charge is 0.486 e. The minimum atomic E-state index is -0.753. The molecule has 6 nitrogen and oxygen atoms in total. The van der Waals surface area contributed by atoms with Crippen LogP contribution in [0.25, 0.3) is 5.57 Å². The molecule has 6 rings (SSSR count). The van der Waals surface area contributed by atoms with Crippen LogP contribution in [0.4, 0.5) is 8.78 Å². The Bertz CT molecular complexity index is 1530. The van der Waals surface area contributed by atoms with Crippen LogP contribution in [0.2, 0.25) is 15.1 Å². The molecule has 3 aromatic rings. The molecule has 1 saturated heterocycles. The minimum absolute atomic E-state index is 0.00340. The Morgan fingerprint density at radius 3 is 2.67 bits per heavy atom. The summed E-state index contributed by atoms with van der Waals surface area (Å²) in [6, 6.07) is 7.94. The van der Waals surface area contributed by atoms with Gasteiger partial charge in [-0.05, 0) is 61.4 Å². The monoisotopic (exact) mass is 653 g/mol. The average Bonchev–Trinajstić information content (AvgIpc) is 3.59. The number of carbonyl (C=O) groups is 1. The molecule has 42 heavy (non-hydrogen) atoms. The van der Waals surface area contributed by atoms with Crippen molar-refractivity contribution in [3.63, 3.8) is 0 Å². The van der Waals surface area contributed by atoms with Crippen LogP contribution in [0, 0.1) is 11.6 Å². The molecule has 0 spiro atoms. The van der Waals surface area contributed by atoms with Gasteiger partial charge in [0.2, 0.25) is 0 Å². The number of hydrogen-bond acceptors (Lipinski definition) is 6. The summed E-state index contributed by atoms with van der Waals surface area (Å²) in [6.45, 7) is 0.746. The van der Waals surface area contributed by atoms with Crippen LogP contribution in [0.3, 0.4) is 0 Å². The predicted octanol–water partition coefficient (Wildman–Crippen LogP) is 7.45. The number of benzene rings is 2. The van der Waals surface area contributed by atoms with E-state index in [1.165, 1.54) is 11.3 Å². The number of hydrogen-bond donors (Lipinski definition) is 1. The topological polar surface area (TPSA) is 63.7 Å².